The summed E-state index contributed by atoms with van der Waals surface area (Å²) in [6.45, 7) is 0. The highest BCUT2D eigenvalue weighted by molar-refractivity contribution is 6.35. The number of rotatable bonds is 9. The molecule has 0 heterocycles. The summed E-state index contributed by atoms with van der Waals surface area (Å²) in [5.41, 5.74) is 4.49. The molecule has 0 aliphatic rings. The lowest BCUT2D eigenvalue weighted by Gasteiger charge is -2.14. The van der Waals surface area contributed by atoms with Crippen LogP contribution in [-0.4, -0.2) is 34.0 Å². The number of carboxylic acid groups (broad SMARTS) is 2. The molecule has 0 radical (unpaired) electrons. The van der Waals surface area contributed by atoms with Crippen LogP contribution in [0.2, 0.25) is 10.0 Å². The molecular formula is C40H26Cl2N2O6. The van der Waals surface area contributed by atoms with Crippen LogP contribution in [0.25, 0.3) is 33.4 Å². The lowest BCUT2D eigenvalue weighted by Crippen LogP contribution is -2.17. The molecule has 8 nitrogen and oxygen atoms in total. The fraction of sp³-hybridized carbons (Fsp3) is 0. The average Bonchev–Trinajstić information content (AvgIpc) is 3.13. The van der Waals surface area contributed by atoms with Gasteiger partial charge in [0.05, 0.1) is 43.7 Å². The summed E-state index contributed by atoms with van der Waals surface area (Å²) in [7, 11) is 0. The first-order valence-electron chi connectivity index (χ1n) is 15.2. The molecule has 4 N–H and O–H groups in total. The van der Waals surface area contributed by atoms with Gasteiger partial charge in [0, 0.05) is 0 Å². The minimum Gasteiger partial charge on any atom is -0.478 e. The molecule has 10 heteroatoms. The summed E-state index contributed by atoms with van der Waals surface area (Å²) >= 11 is 13.2. The number of benzene rings is 6. The Morgan fingerprint density at radius 2 is 0.740 bits per heavy atom. The molecule has 50 heavy (non-hydrogen) atoms. The lowest BCUT2D eigenvalue weighted by molar-refractivity contribution is 0.0683. The maximum Gasteiger partial charge on any atom is 0.336 e. The van der Waals surface area contributed by atoms with Crippen LogP contribution < -0.4 is 10.6 Å². The molecule has 0 bridgehead atoms. The Morgan fingerprint density at radius 3 is 1.08 bits per heavy atom. The molecule has 0 saturated carbocycles. The van der Waals surface area contributed by atoms with Crippen molar-refractivity contribution in [3.8, 4) is 33.4 Å². The van der Waals surface area contributed by atoms with E-state index in [0.29, 0.717) is 22.3 Å². The number of hydrogen-bond donors (Lipinski definition) is 4. The second kappa shape index (κ2) is 14.5. The summed E-state index contributed by atoms with van der Waals surface area (Å²) in [5.74, 6) is -3.76. The smallest absolute Gasteiger partial charge is 0.336 e. The zero-order chi connectivity index (χ0) is 35.4. The fourth-order valence-electron chi connectivity index (χ4n) is 5.43. The zero-order valence-electron chi connectivity index (χ0n) is 26.0. The van der Waals surface area contributed by atoms with Crippen molar-refractivity contribution in [2.24, 2.45) is 0 Å². The van der Waals surface area contributed by atoms with Gasteiger partial charge in [-0.15, -0.1) is 0 Å². The van der Waals surface area contributed by atoms with Gasteiger partial charge in [0.25, 0.3) is 11.8 Å². The van der Waals surface area contributed by atoms with Gasteiger partial charge in [0.15, 0.2) is 0 Å². The molecule has 6 aromatic rings. The molecule has 6 aromatic carbocycles. The number of halogens is 2. The summed E-state index contributed by atoms with van der Waals surface area (Å²) < 4.78 is 0. The van der Waals surface area contributed by atoms with Gasteiger partial charge in [-0.3, -0.25) is 9.59 Å². The minimum absolute atomic E-state index is 0.0225. The molecule has 0 spiro atoms. The van der Waals surface area contributed by atoms with Gasteiger partial charge in [-0.1, -0.05) is 108 Å². The average molecular weight is 702 g/mol. The van der Waals surface area contributed by atoms with Gasteiger partial charge in [-0.2, -0.15) is 0 Å². The fourth-order valence-corrected chi connectivity index (χ4v) is 5.88. The van der Waals surface area contributed by atoms with Crippen molar-refractivity contribution in [1.29, 1.82) is 0 Å². The maximum absolute atomic E-state index is 13.3. The first-order chi connectivity index (χ1) is 24.1. The molecule has 6 rings (SSSR count). The number of carbonyl (C=O) groups excluding carboxylic acids is 2. The third-order valence-electron chi connectivity index (χ3n) is 7.97. The van der Waals surface area contributed by atoms with E-state index in [4.69, 9.17) is 23.2 Å². The second-order valence-corrected chi connectivity index (χ2v) is 12.0. The Labute approximate surface area is 296 Å². The highest BCUT2D eigenvalue weighted by Gasteiger charge is 2.21. The summed E-state index contributed by atoms with van der Waals surface area (Å²) in [5, 5.41) is 25.3. The van der Waals surface area contributed by atoms with Crippen LogP contribution in [0.15, 0.2) is 133 Å². The van der Waals surface area contributed by atoms with E-state index in [0.717, 1.165) is 11.1 Å². The standard InChI is InChI=1S/C40H26Cl2N2O6/c41-33-21-27(13-17-35(33)43-37(45)31-19-25(11-15-29(31)39(47)48)23-7-3-1-4-8-23)28-14-18-36(34(42)22-28)44-38(46)32-20-26(12-16-30(32)40(49)50)24-9-5-2-6-10-24/h1-22H,(H,43,45)(H,44,46)(H,47,48)(H,49,50). The molecule has 0 unspecified atom stereocenters. The predicted octanol–water partition coefficient (Wildman–Crippen LogP) is 9.90. The van der Waals surface area contributed by atoms with E-state index in [1.807, 2.05) is 60.7 Å². The molecule has 2 amide bonds. The largest absolute Gasteiger partial charge is 0.478 e. The van der Waals surface area contributed by atoms with Crippen molar-refractivity contribution >= 4 is 58.3 Å². The van der Waals surface area contributed by atoms with Crippen molar-refractivity contribution < 1.29 is 29.4 Å². The normalized spacial score (nSPS) is 10.7. The van der Waals surface area contributed by atoms with Crippen molar-refractivity contribution in [3.63, 3.8) is 0 Å². The summed E-state index contributed by atoms with van der Waals surface area (Å²) in [6.07, 6.45) is 0. The van der Waals surface area contributed by atoms with Crippen LogP contribution in [0.3, 0.4) is 0 Å². The van der Waals surface area contributed by atoms with Gasteiger partial charge >= 0.3 is 11.9 Å². The van der Waals surface area contributed by atoms with Crippen LogP contribution >= 0.6 is 23.2 Å². The molecule has 0 aromatic heterocycles. The molecule has 0 aliphatic heterocycles. The van der Waals surface area contributed by atoms with Crippen LogP contribution in [0.5, 0.6) is 0 Å². The number of nitrogens with one attached hydrogen (secondary N) is 2. The molecule has 0 fully saturated rings. The monoisotopic (exact) mass is 700 g/mol. The number of carboxylic acids is 2. The van der Waals surface area contributed by atoms with E-state index in [1.165, 1.54) is 24.3 Å². The molecule has 0 saturated heterocycles. The summed E-state index contributed by atoms with van der Waals surface area (Å²) in [6, 6.07) is 37.5. The highest BCUT2D eigenvalue weighted by Crippen LogP contribution is 2.34. The quantitative estimate of drug-likeness (QED) is 0.119. The maximum atomic E-state index is 13.3. The minimum atomic E-state index is -1.24. The predicted molar refractivity (Wildman–Crippen MR) is 195 cm³/mol. The lowest BCUT2D eigenvalue weighted by atomic mass is 9.98. The first-order valence-corrected chi connectivity index (χ1v) is 15.9. The van der Waals surface area contributed by atoms with Gasteiger partial charge in [-0.05, 0) is 81.9 Å². The number of aromatic carboxylic acids is 2. The van der Waals surface area contributed by atoms with E-state index >= 15 is 0 Å². The van der Waals surface area contributed by atoms with Gasteiger partial charge in [0.2, 0.25) is 0 Å². The summed E-state index contributed by atoms with van der Waals surface area (Å²) in [4.78, 5) is 50.5. The number of amides is 2. The zero-order valence-corrected chi connectivity index (χ0v) is 27.5. The third kappa shape index (κ3) is 7.27. The van der Waals surface area contributed by atoms with Crippen LogP contribution in [0, 0.1) is 0 Å². The van der Waals surface area contributed by atoms with Crippen molar-refractivity contribution in [2.75, 3.05) is 10.6 Å². The molecular weight excluding hydrogens is 675 g/mol. The first kappa shape index (κ1) is 33.7. The van der Waals surface area contributed by atoms with Crippen LogP contribution in [-0.2, 0) is 0 Å². The number of hydrogen-bond acceptors (Lipinski definition) is 4. The molecule has 0 aliphatic carbocycles. The van der Waals surface area contributed by atoms with Crippen molar-refractivity contribution in [1.82, 2.24) is 0 Å². The Bertz CT molecular complexity index is 2130. The molecule has 246 valence electrons. The van der Waals surface area contributed by atoms with Crippen molar-refractivity contribution in [2.45, 2.75) is 0 Å². The Kier molecular flexibility index (Phi) is 9.76. The Hall–Kier alpha value is -6.22. The van der Waals surface area contributed by atoms with E-state index in [2.05, 4.69) is 10.6 Å². The van der Waals surface area contributed by atoms with Crippen LogP contribution in [0.1, 0.15) is 41.4 Å². The van der Waals surface area contributed by atoms with E-state index in [9.17, 15) is 29.4 Å². The third-order valence-corrected chi connectivity index (χ3v) is 8.60. The van der Waals surface area contributed by atoms with Crippen LogP contribution in [0.4, 0.5) is 11.4 Å². The topological polar surface area (TPSA) is 133 Å². The Morgan fingerprint density at radius 1 is 0.400 bits per heavy atom. The van der Waals surface area contributed by atoms with E-state index in [-0.39, 0.29) is 43.7 Å². The number of carbonyl (C=O) groups is 4. The van der Waals surface area contributed by atoms with Gasteiger partial charge in [0.1, 0.15) is 0 Å². The van der Waals surface area contributed by atoms with Crippen molar-refractivity contribution in [3.05, 3.63) is 166 Å². The second-order valence-electron chi connectivity index (χ2n) is 11.2. The van der Waals surface area contributed by atoms with Gasteiger partial charge in [-0.25, -0.2) is 9.59 Å². The van der Waals surface area contributed by atoms with E-state index < -0.39 is 23.8 Å². The number of anilines is 2. The molecule has 0 atom stereocenters. The Balaban J connectivity index is 1.21. The SMILES string of the molecule is O=C(O)c1ccc(-c2ccccc2)cc1C(=O)Nc1ccc(-c2ccc(NC(=O)c3cc(-c4ccccc4)ccc3C(=O)O)c(Cl)c2)cc1Cl. The van der Waals surface area contributed by atoms with E-state index in [1.54, 1.807) is 48.5 Å². The van der Waals surface area contributed by atoms with Gasteiger partial charge < -0.3 is 20.8 Å². The highest BCUT2D eigenvalue weighted by atomic mass is 35.5.